The van der Waals surface area contributed by atoms with E-state index in [1.165, 1.54) is 22.6 Å². The van der Waals surface area contributed by atoms with Crippen LogP contribution in [0.15, 0.2) is 12.3 Å². The zero-order valence-corrected chi connectivity index (χ0v) is 8.63. The van der Waals surface area contributed by atoms with Crippen molar-refractivity contribution in [2.45, 2.75) is 6.18 Å². The summed E-state index contributed by atoms with van der Waals surface area (Å²) in [5.41, 5.74) is -1.56. The van der Waals surface area contributed by atoms with E-state index >= 15 is 0 Å². The van der Waals surface area contributed by atoms with Crippen LogP contribution in [0, 0.1) is 3.57 Å². The van der Waals surface area contributed by atoms with Gasteiger partial charge in [-0.3, -0.25) is 0 Å². The zero-order chi connectivity index (χ0) is 10.9. The Hall–Kier alpha value is -0.860. The van der Waals surface area contributed by atoms with E-state index in [-0.39, 0.29) is 0 Å². The number of aromatic carboxylic acids is 1. The molecule has 1 aromatic heterocycles. The number of hydrogen-bond acceptors (Lipinski definition) is 2. The molecule has 76 valence electrons. The monoisotopic (exact) mass is 317 g/mol. The summed E-state index contributed by atoms with van der Waals surface area (Å²) >= 11 is 1.32. The molecule has 1 aromatic rings. The predicted molar refractivity (Wildman–Crippen MR) is 48.9 cm³/mol. The highest BCUT2D eigenvalue weighted by molar-refractivity contribution is 14.1. The van der Waals surface area contributed by atoms with E-state index in [1.807, 2.05) is 0 Å². The fourth-order valence-corrected chi connectivity index (χ4v) is 1.67. The molecule has 0 radical (unpaired) electrons. The lowest BCUT2D eigenvalue weighted by molar-refractivity contribution is -0.138. The summed E-state index contributed by atoms with van der Waals surface area (Å²) < 4.78 is 36.4. The molecule has 1 rings (SSSR count). The number of hydrogen-bond donors (Lipinski definition) is 1. The Kier molecular flexibility index (Phi) is 2.98. The fraction of sp³-hybridized carbons (Fsp3) is 0.143. The third-order valence-electron chi connectivity index (χ3n) is 1.40. The van der Waals surface area contributed by atoms with Crippen LogP contribution < -0.4 is 0 Å². The molecule has 0 saturated carbocycles. The van der Waals surface area contributed by atoms with Gasteiger partial charge in [-0.15, -0.1) is 0 Å². The Morgan fingerprint density at radius 1 is 1.50 bits per heavy atom. The number of pyridine rings is 1. The van der Waals surface area contributed by atoms with E-state index in [2.05, 4.69) is 4.98 Å². The number of carboxylic acids is 1. The Morgan fingerprint density at radius 3 is 2.50 bits per heavy atom. The van der Waals surface area contributed by atoms with Crippen molar-refractivity contribution in [1.29, 1.82) is 0 Å². The summed E-state index contributed by atoms with van der Waals surface area (Å²) in [5.74, 6) is -1.47. The lowest BCUT2D eigenvalue weighted by Crippen LogP contribution is -2.13. The average Bonchev–Trinajstić information content (AvgIpc) is 2.01. The molecule has 7 heteroatoms. The molecule has 0 aromatic carbocycles. The first kappa shape index (κ1) is 11.2. The van der Waals surface area contributed by atoms with Gasteiger partial charge in [0.05, 0.1) is 9.13 Å². The first-order valence-corrected chi connectivity index (χ1v) is 4.37. The second-order valence-electron chi connectivity index (χ2n) is 2.32. The van der Waals surface area contributed by atoms with Crippen molar-refractivity contribution in [3.63, 3.8) is 0 Å². The van der Waals surface area contributed by atoms with E-state index < -0.39 is 27.0 Å². The lowest BCUT2D eigenvalue weighted by atomic mass is 10.2. The standard InChI is InChI=1S/C7H3F3INO2/c8-7(9,10)3-1-2-12-5(4(3)11)6(13)14/h1-2H,(H,13,14). The van der Waals surface area contributed by atoms with Gasteiger partial charge < -0.3 is 5.11 Å². The second-order valence-corrected chi connectivity index (χ2v) is 3.40. The summed E-state index contributed by atoms with van der Waals surface area (Å²) in [4.78, 5) is 13.8. The normalized spacial score (nSPS) is 11.4. The molecular formula is C7H3F3INO2. The lowest BCUT2D eigenvalue weighted by Gasteiger charge is -2.09. The van der Waals surface area contributed by atoms with E-state index in [4.69, 9.17) is 5.11 Å². The van der Waals surface area contributed by atoms with Crippen LogP contribution in [0.25, 0.3) is 0 Å². The molecule has 0 aliphatic heterocycles. The van der Waals surface area contributed by atoms with Gasteiger partial charge in [0, 0.05) is 6.20 Å². The molecule has 0 amide bonds. The van der Waals surface area contributed by atoms with E-state index in [9.17, 15) is 18.0 Å². The van der Waals surface area contributed by atoms with Crippen LogP contribution in [-0.4, -0.2) is 16.1 Å². The number of halogens is 4. The van der Waals surface area contributed by atoms with Gasteiger partial charge in [0.1, 0.15) is 0 Å². The largest absolute Gasteiger partial charge is 0.476 e. The molecular weight excluding hydrogens is 314 g/mol. The smallest absolute Gasteiger partial charge is 0.417 e. The number of alkyl halides is 3. The fourth-order valence-electron chi connectivity index (χ4n) is 0.812. The van der Waals surface area contributed by atoms with Gasteiger partial charge in [-0.05, 0) is 28.7 Å². The Balaban J connectivity index is 3.35. The number of carbonyl (C=O) groups is 1. The maximum Gasteiger partial charge on any atom is 0.417 e. The molecule has 3 nitrogen and oxygen atoms in total. The molecule has 1 N–H and O–H groups in total. The molecule has 0 aliphatic rings. The van der Waals surface area contributed by atoms with Crippen LogP contribution in [0.5, 0.6) is 0 Å². The van der Waals surface area contributed by atoms with Crippen molar-refractivity contribution in [1.82, 2.24) is 4.98 Å². The van der Waals surface area contributed by atoms with Gasteiger partial charge in [-0.1, -0.05) is 0 Å². The summed E-state index contributed by atoms with van der Waals surface area (Å²) in [6.07, 6.45) is -3.72. The highest BCUT2D eigenvalue weighted by atomic mass is 127. The molecule has 0 bridgehead atoms. The predicted octanol–water partition coefficient (Wildman–Crippen LogP) is 2.40. The van der Waals surface area contributed by atoms with Crippen LogP contribution in [0.1, 0.15) is 16.1 Å². The molecule has 14 heavy (non-hydrogen) atoms. The van der Waals surface area contributed by atoms with Crippen LogP contribution in [0.4, 0.5) is 13.2 Å². The molecule has 0 atom stereocenters. The summed E-state index contributed by atoms with van der Waals surface area (Å²) in [6, 6.07) is 0.744. The minimum absolute atomic E-state index is 0.398. The van der Waals surface area contributed by atoms with Gasteiger partial charge in [0.15, 0.2) is 5.69 Å². The molecule has 0 saturated heterocycles. The summed E-state index contributed by atoms with van der Waals surface area (Å²) in [5, 5.41) is 8.52. The van der Waals surface area contributed by atoms with Crippen molar-refractivity contribution < 1.29 is 23.1 Å². The Morgan fingerprint density at radius 2 is 2.07 bits per heavy atom. The van der Waals surface area contributed by atoms with Gasteiger partial charge in [-0.2, -0.15) is 13.2 Å². The van der Waals surface area contributed by atoms with Crippen LogP contribution >= 0.6 is 22.6 Å². The van der Waals surface area contributed by atoms with E-state index in [1.54, 1.807) is 0 Å². The molecule has 0 spiro atoms. The molecule has 1 heterocycles. The SMILES string of the molecule is O=C(O)c1nccc(C(F)(F)F)c1I. The average molecular weight is 317 g/mol. The van der Waals surface area contributed by atoms with Gasteiger partial charge >= 0.3 is 12.1 Å². The van der Waals surface area contributed by atoms with Crippen molar-refractivity contribution >= 4 is 28.6 Å². The summed E-state index contributed by atoms with van der Waals surface area (Å²) in [7, 11) is 0. The van der Waals surface area contributed by atoms with Gasteiger partial charge in [-0.25, -0.2) is 9.78 Å². The number of rotatable bonds is 1. The van der Waals surface area contributed by atoms with Crippen molar-refractivity contribution in [3.05, 3.63) is 27.1 Å². The minimum atomic E-state index is -4.55. The third-order valence-corrected chi connectivity index (χ3v) is 2.49. The van der Waals surface area contributed by atoms with Gasteiger partial charge in [0.25, 0.3) is 0 Å². The maximum absolute atomic E-state index is 12.3. The maximum atomic E-state index is 12.3. The van der Waals surface area contributed by atoms with Crippen LogP contribution in [-0.2, 0) is 6.18 Å². The topological polar surface area (TPSA) is 50.2 Å². The number of nitrogens with zero attached hydrogens (tertiary/aromatic N) is 1. The highest BCUT2D eigenvalue weighted by Gasteiger charge is 2.34. The number of carboxylic acid groups (broad SMARTS) is 1. The zero-order valence-electron chi connectivity index (χ0n) is 6.47. The van der Waals surface area contributed by atoms with Crippen molar-refractivity contribution in [3.8, 4) is 0 Å². The minimum Gasteiger partial charge on any atom is -0.476 e. The molecule has 0 fully saturated rings. The number of aromatic nitrogens is 1. The van der Waals surface area contributed by atoms with Crippen molar-refractivity contribution in [2.24, 2.45) is 0 Å². The second kappa shape index (κ2) is 3.71. The molecule has 0 aliphatic carbocycles. The van der Waals surface area contributed by atoms with Crippen molar-refractivity contribution in [2.75, 3.05) is 0 Å². The summed E-state index contributed by atoms with van der Waals surface area (Å²) in [6.45, 7) is 0. The van der Waals surface area contributed by atoms with E-state index in [0.29, 0.717) is 0 Å². The third kappa shape index (κ3) is 2.14. The van der Waals surface area contributed by atoms with Crippen LogP contribution in [0.2, 0.25) is 0 Å². The van der Waals surface area contributed by atoms with E-state index in [0.717, 1.165) is 12.3 Å². The van der Waals surface area contributed by atoms with Crippen LogP contribution in [0.3, 0.4) is 0 Å². The Bertz CT molecular complexity index is 378. The quantitative estimate of drug-likeness (QED) is 0.809. The Labute approximate surface area is 90.1 Å². The first-order chi connectivity index (χ1) is 6.34. The molecule has 0 unspecified atom stereocenters. The first-order valence-electron chi connectivity index (χ1n) is 3.29. The van der Waals surface area contributed by atoms with Gasteiger partial charge in [0.2, 0.25) is 0 Å². The highest BCUT2D eigenvalue weighted by Crippen LogP contribution is 2.33.